The molecule has 148 valence electrons. The molecule has 2 aromatic carbocycles. The number of nitro groups is 1. The predicted octanol–water partition coefficient (Wildman–Crippen LogP) is 3.39. The predicted molar refractivity (Wildman–Crippen MR) is 102 cm³/mol. The van der Waals surface area contributed by atoms with Gasteiger partial charge in [-0.25, -0.2) is 13.2 Å². The molecule has 28 heavy (non-hydrogen) atoms. The Morgan fingerprint density at radius 3 is 2.57 bits per heavy atom. The first-order chi connectivity index (χ1) is 13.3. The highest BCUT2D eigenvalue weighted by Crippen LogP contribution is 2.28. The highest BCUT2D eigenvalue weighted by atomic mass is 35.5. The van der Waals surface area contributed by atoms with Crippen LogP contribution in [0.1, 0.15) is 28.8 Å². The van der Waals surface area contributed by atoms with Crippen molar-refractivity contribution in [3.8, 4) is 0 Å². The summed E-state index contributed by atoms with van der Waals surface area (Å²) in [6.45, 7) is 0.650. The molecule has 0 bridgehead atoms. The van der Waals surface area contributed by atoms with Gasteiger partial charge < -0.3 is 4.74 Å². The SMILES string of the molecule is O=C(OCc1cccc([N+](=O)[O-])c1)c1ccc(Cl)c(S(=O)(=O)N2CCCC2)c1. The van der Waals surface area contributed by atoms with E-state index in [9.17, 15) is 23.3 Å². The molecule has 8 nitrogen and oxygen atoms in total. The van der Waals surface area contributed by atoms with Crippen molar-refractivity contribution in [1.82, 2.24) is 4.31 Å². The van der Waals surface area contributed by atoms with Crippen LogP contribution >= 0.6 is 11.6 Å². The maximum atomic E-state index is 12.7. The molecule has 2 aromatic rings. The molecule has 1 saturated heterocycles. The lowest BCUT2D eigenvalue weighted by Gasteiger charge is -2.17. The molecule has 0 atom stereocenters. The number of esters is 1. The number of carbonyl (C=O) groups excluding carboxylic acids is 1. The van der Waals surface area contributed by atoms with Crippen LogP contribution in [0.4, 0.5) is 5.69 Å². The van der Waals surface area contributed by atoms with Crippen LogP contribution in [-0.2, 0) is 21.4 Å². The zero-order valence-electron chi connectivity index (χ0n) is 14.7. The van der Waals surface area contributed by atoms with Gasteiger partial charge in [-0.2, -0.15) is 4.31 Å². The lowest BCUT2D eigenvalue weighted by Crippen LogP contribution is -2.28. The molecule has 0 saturated carbocycles. The first-order valence-electron chi connectivity index (χ1n) is 8.49. The third-order valence-corrected chi connectivity index (χ3v) is 6.72. The van der Waals surface area contributed by atoms with Gasteiger partial charge in [-0.05, 0) is 36.6 Å². The van der Waals surface area contributed by atoms with Crippen molar-refractivity contribution in [2.45, 2.75) is 24.3 Å². The average Bonchev–Trinajstić information content (AvgIpc) is 3.22. The summed E-state index contributed by atoms with van der Waals surface area (Å²) in [5.74, 6) is -0.749. The second kappa shape index (κ2) is 8.26. The van der Waals surface area contributed by atoms with Gasteiger partial charge >= 0.3 is 5.97 Å². The zero-order valence-corrected chi connectivity index (χ0v) is 16.3. The van der Waals surface area contributed by atoms with Crippen LogP contribution in [0.25, 0.3) is 0 Å². The average molecular weight is 425 g/mol. The van der Waals surface area contributed by atoms with E-state index in [1.807, 2.05) is 0 Å². The highest BCUT2D eigenvalue weighted by molar-refractivity contribution is 7.89. The third-order valence-electron chi connectivity index (χ3n) is 4.34. The van der Waals surface area contributed by atoms with Crippen molar-refractivity contribution in [3.63, 3.8) is 0 Å². The largest absolute Gasteiger partial charge is 0.457 e. The molecule has 0 radical (unpaired) electrons. The van der Waals surface area contributed by atoms with Gasteiger partial charge in [0.25, 0.3) is 5.69 Å². The van der Waals surface area contributed by atoms with E-state index >= 15 is 0 Å². The van der Waals surface area contributed by atoms with Crippen LogP contribution in [0.5, 0.6) is 0 Å². The van der Waals surface area contributed by atoms with Crippen molar-refractivity contribution in [2.75, 3.05) is 13.1 Å². The fourth-order valence-electron chi connectivity index (χ4n) is 2.89. The first kappa shape index (κ1) is 20.2. The summed E-state index contributed by atoms with van der Waals surface area (Å²) in [5, 5.41) is 10.8. The molecule has 0 N–H and O–H groups in total. The molecule has 0 aliphatic carbocycles. The number of halogens is 1. The smallest absolute Gasteiger partial charge is 0.338 e. The van der Waals surface area contributed by atoms with Crippen LogP contribution < -0.4 is 0 Å². The lowest BCUT2D eigenvalue weighted by molar-refractivity contribution is -0.384. The molecule has 1 heterocycles. The maximum absolute atomic E-state index is 12.7. The molecular weight excluding hydrogens is 408 g/mol. The number of non-ortho nitro benzene ring substituents is 1. The summed E-state index contributed by atoms with van der Waals surface area (Å²) in [4.78, 5) is 22.5. The molecule has 1 aliphatic rings. The molecule has 10 heteroatoms. The number of ether oxygens (including phenoxy) is 1. The van der Waals surface area contributed by atoms with E-state index in [1.54, 1.807) is 6.07 Å². The van der Waals surface area contributed by atoms with E-state index in [1.165, 1.54) is 40.7 Å². The monoisotopic (exact) mass is 424 g/mol. The van der Waals surface area contributed by atoms with Crippen LogP contribution in [0.15, 0.2) is 47.4 Å². The quantitative estimate of drug-likeness (QED) is 0.399. The Morgan fingerprint density at radius 1 is 1.18 bits per heavy atom. The van der Waals surface area contributed by atoms with E-state index in [-0.39, 0.29) is 27.8 Å². The maximum Gasteiger partial charge on any atom is 0.338 e. The van der Waals surface area contributed by atoms with Gasteiger partial charge in [0.05, 0.1) is 15.5 Å². The minimum atomic E-state index is -3.79. The molecule has 3 rings (SSSR count). The molecule has 0 unspecified atom stereocenters. The number of benzene rings is 2. The van der Waals surface area contributed by atoms with E-state index in [2.05, 4.69) is 0 Å². The highest BCUT2D eigenvalue weighted by Gasteiger charge is 2.30. The lowest BCUT2D eigenvalue weighted by atomic mass is 10.2. The third kappa shape index (κ3) is 4.32. The van der Waals surface area contributed by atoms with Crippen molar-refractivity contribution >= 4 is 33.3 Å². The normalized spacial score (nSPS) is 14.8. The molecule has 0 amide bonds. The fraction of sp³-hybridized carbons (Fsp3) is 0.278. The Bertz CT molecular complexity index is 1020. The molecule has 1 aliphatic heterocycles. The van der Waals surface area contributed by atoms with Crippen molar-refractivity contribution in [3.05, 3.63) is 68.7 Å². The number of sulfonamides is 1. The summed E-state index contributed by atoms with van der Waals surface area (Å²) >= 11 is 6.06. The Kier molecular flexibility index (Phi) is 5.97. The van der Waals surface area contributed by atoms with Gasteiger partial charge in [-0.3, -0.25) is 10.1 Å². The van der Waals surface area contributed by atoms with Crippen LogP contribution in [0, 0.1) is 10.1 Å². The minimum Gasteiger partial charge on any atom is -0.457 e. The van der Waals surface area contributed by atoms with E-state index in [0.29, 0.717) is 18.7 Å². The number of hydrogen-bond acceptors (Lipinski definition) is 6. The van der Waals surface area contributed by atoms with E-state index < -0.39 is 20.9 Å². The summed E-state index contributed by atoms with van der Waals surface area (Å²) in [6, 6.07) is 9.63. The van der Waals surface area contributed by atoms with Gasteiger partial charge in [0, 0.05) is 25.2 Å². The summed E-state index contributed by atoms with van der Waals surface area (Å²) in [7, 11) is -3.79. The van der Waals surface area contributed by atoms with E-state index in [0.717, 1.165) is 12.8 Å². The van der Waals surface area contributed by atoms with Gasteiger partial charge in [-0.1, -0.05) is 23.7 Å². The van der Waals surface area contributed by atoms with Crippen molar-refractivity contribution < 1.29 is 22.9 Å². The van der Waals surface area contributed by atoms with Crippen molar-refractivity contribution in [2.24, 2.45) is 0 Å². The van der Waals surface area contributed by atoms with Gasteiger partial charge in [0.1, 0.15) is 11.5 Å². The fourth-order valence-corrected chi connectivity index (χ4v) is 4.91. The van der Waals surface area contributed by atoms with Crippen LogP contribution in [0.2, 0.25) is 5.02 Å². The standard InChI is InChI=1S/C18H17ClN2O6S/c19-16-7-6-14(11-17(16)28(25,26)20-8-1-2-9-20)18(22)27-12-13-4-3-5-15(10-13)21(23)24/h3-7,10-11H,1-2,8-9,12H2. The number of nitro benzene ring substituents is 1. The Balaban J connectivity index is 1.77. The number of nitrogens with zero attached hydrogens (tertiary/aromatic N) is 2. The summed E-state index contributed by atoms with van der Waals surface area (Å²) in [6.07, 6.45) is 1.56. The minimum absolute atomic E-state index is 0.0298. The summed E-state index contributed by atoms with van der Waals surface area (Å²) in [5.41, 5.74) is 0.369. The van der Waals surface area contributed by atoms with Crippen molar-refractivity contribution in [1.29, 1.82) is 0 Å². The molecule has 0 aromatic heterocycles. The zero-order chi connectivity index (χ0) is 20.3. The van der Waals surface area contributed by atoms with Gasteiger partial charge in [-0.15, -0.1) is 0 Å². The topological polar surface area (TPSA) is 107 Å². The summed E-state index contributed by atoms with van der Waals surface area (Å²) < 4.78 is 32.0. The van der Waals surface area contributed by atoms with Crippen LogP contribution in [-0.4, -0.2) is 36.7 Å². The number of rotatable bonds is 6. The number of carbonyl (C=O) groups is 1. The molecule has 0 spiro atoms. The Morgan fingerprint density at radius 2 is 1.89 bits per heavy atom. The molecule has 1 fully saturated rings. The Hall–Kier alpha value is -2.49. The second-order valence-corrected chi connectivity index (χ2v) is 8.57. The molecular formula is C18H17ClN2O6S. The van der Waals surface area contributed by atoms with Gasteiger partial charge in [0.15, 0.2) is 0 Å². The van der Waals surface area contributed by atoms with Crippen LogP contribution in [0.3, 0.4) is 0 Å². The van der Waals surface area contributed by atoms with Gasteiger partial charge in [0.2, 0.25) is 10.0 Å². The van der Waals surface area contributed by atoms with E-state index in [4.69, 9.17) is 16.3 Å². The number of hydrogen-bond donors (Lipinski definition) is 0. The Labute approximate surface area is 166 Å². The second-order valence-electron chi connectivity index (χ2n) is 6.26. The first-order valence-corrected chi connectivity index (χ1v) is 10.3.